The lowest BCUT2D eigenvalue weighted by Crippen LogP contribution is -2.34. The molecule has 2 rings (SSSR count). The highest BCUT2D eigenvalue weighted by molar-refractivity contribution is 5.76. The predicted molar refractivity (Wildman–Crippen MR) is 79.2 cm³/mol. The molecule has 3 N–H and O–H groups in total. The van der Waals surface area contributed by atoms with Crippen LogP contribution in [0.4, 0.5) is 0 Å². The number of amides is 1. The fourth-order valence-electron chi connectivity index (χ4n) is 2.56. The van der Waals surface area contributed by atoms with Crippen molar-refractivity contribution in [2.24, 2.45) is 5.73 Å². The minimum absolute atomic E-state index is 0.0541. The summed E-state index contributed by atoms with van der Waals surface area (Å²) in [6, 6.07) is 9.75. The molecule has 1 amide bonds. The number of carbonyl (C=O) groups excluding carboxylic acids is 1. The van der Waals surface area contributed by atoms with Crippen LogP contribution >= 0.6 is 0 Å². The van der Waals surface area contributed by atoms with Crippen molar-refractivity contribution in [1.82, 2.24) is 5.32 Å². The summed E-state index contributed by atoms with van der Waals surface area (Å²) >= 11 is 0. The molecule has 0 radical (unpaired) electrons. The summed E-state index contributed by atoms with van der Waals surface area (Å²) in [6.07, 6.45) is 4.99. The smallest absolute Gasteiger partial charge is 0.220 e. The highest BCUT2D eigenvalue weighted by atomic mass is 16.5. The van der Waals surface area contributed by atoms with Crippen molar-refractivity contribution in [2.75, 3.05) is 13.2 Å². The van der Waals surface area contributed by atoms with Gasteiger partial charge in [0.05, 0.1) is 12.1 Å². The molecular weight excluding hydrogens is 252 g/mol. The van der Waals surface area contributed by atoms with Gasteiger partial charge >= 0.3 is 0 Å². The Balaban J connectivity index is 1.77. The van der Waals surface area contributed by atoms with Crippen molar-refractivity contribution < 1.29 is 9.53 Å². The van der Waals surface area contributed by atoms with E-state index in [1.54, 1.807) is 0 Å². The molecule has 2 atom stereocenters. The molecule has 1 aliphatic rings. The van der Waals surface area contributed by atoms with Crippen LogP contribution in [-0.4, -0.2) is 25.2 Å². The van der Waals surface area contributed by atoms with Crippen LogP contribution in [0, 0.1) is 0 Å². The van der Waals surface area contributed by atoms with Gasteiger partial charge < -0.3 is 15.8 Å². The standard InChI is InChI=1S/C16H24N2O2/c17-12-15(13-6-2-1-3-7-13)18-16(19)10-9-14-8-4-5-11-20-14/h1-3,6-7,14-15H,4-5,8-12,17H2,(H,18,19). The molecule has 20 heavy (non-hydrogen) atoms. The van der Waals surface area contributed by atoms with Crippen LogP contribution in [-0.2, 0) is 9.53 Å². The average Bonchev–Trinajstić information content (AvgIpc) is 2.52. The Bertz CT molecular complexity index is 402. The van der Waals surface area contributed by atoms with Crippen molar-refractivity contribution in [2.45, 2.75) is 44.2 Å². The van der Waals surface area contributed by atoms with E-state index in [0.29, 0.717) is 13.0 Å². The lowest BCUT2D eigenvalue weighted by molar-refractivity contribution is -0.122. The van der Waals surface area contributed by atoms with Gasteiger partial charge in [0, 0.05) is 19.6 Å². The maximum absolute atomic E-state index is 12.0. The molecule has 4 nitrogen and oxygen atoms in total. The van der Waals surface area contributed by atoms with Crippen LogP contribution in [0.2, 0.25) is 0 Å². The first-order valence-corrected chi connectivity index (χ1v) is 7.45. The normalized spacial score (nSPS) is 20.4. The topological polar surface area (TPSA) is 64.3 Å². The van der Waals surface area contributed by atoms with Gasteiger partial charge in [-0.25, -0.2) is 0 Å². The van der Waals surface area contributed by atoms with Crippen molar-refractivity contribution in [3.63, 3.8) is 0 Å². The van der Waals surface area contributed by atoms with Crippen molar-refractivity contribution in [3.05, 3.63) is 35.9 Å². The first kappa shape index (κ1) is 15.0. The SMILES string of the molecule is NCC(NC(=O)CCC1CCCCO1)c1ccccc1. The molecule has 0 aliphatic carbocycles. The van der Waals surface area contributed by atoms with Gasteiger partial charge in [-0.2, -0.15) is 0 Å². The lowest BCUT2D eigenvalue weighted by Gasteiger charge is -2.23. The second kappa shape index (κ2) is 8.02. The quantitative estimate of drug-likeness (QED) is 0.836. The maximum atomic E-state index is 12.0. The number of carbonyl (C=O) groups is 1. The Labute approximate surface area is 120 Å². The molecule has 0 spiro atoms. The third-order valence-electron chi connectivity index (χ3n) is 3.74. The summed E-state index contributed by atoms with van der Waals surface area (Å²) in [5.74, 6) is 0.0541. The minimum Gasteiger partial charge on any atom is -0.378 e. The second-order valence-corrected chi connectivity index (χ2v) is 5.29. The van der Waals surface area contributed by atoms with Crippen LogP contribution in [0.3, 0.4) is 0 Å². The third-order valence-corrected chi connectivity index (χ3v) is 3.74. The summed E-state index contributed by atoms with van der Waals surface area (Å²) < 4.78 is 5.64. The number of ether oxygens (including phenoxy) is 1. The van der Waals surface area contributed by atoms with E-state index in [2.05, 4.69) is 5.32 Å². The molecule has 1 fully saturated rings. The van der Waals surface area contributed by atoms with Gasteiger partial charge in [0.25, 0.3) is 0 Å². The maximum Gasteiger partial charge on any atom is 0.220 e. The first-order valence-electron chi connectivity index (χ1n) is 7.45. The molecule has 4 heteroatoms. The number of hydrogen-bond donors (Lipinski definition) is 2. The fraction of sp³-hybridized carbons (Fsp3) is 0.562. The number of hydrogen-bond acceptors (Lipinski definition) is 3. The van der Waals surface area contributed by atoms with E-state index in [1.165, 1.54) is 6.42 Å². The largest absolute Gasteiger partial charge is 0.378 e. The molecule has 1 saturated heterocycles. The van der Waals surface area contributed by atoms with E-state index in [9.17, 15) is 4.79 Å². The van der Waals surface area contributed by atoms with Crippen LogP contribution < -0.4 is 11.1 Å². The summed E-state index contributed by atoms with van der Waals surface area (Å²) in [6.45, 7) is 1.25. The number of nitrogens with one attached hydrogen (secondary N) is 1. The summed E-state index contributed by atoms with van der Waals surface area (Å²) in [4.78, 5) is 12.0. The first-order chi connectivity index (χ1) is 9.79. The fourth-order valence-corrected chi connectivity index (χ4v) is 2.56. The minimum atomic E-state index is -0.101. The Morgan fingerprint density at radius 2 is 2.15 bits per heavy atom. The summed E-state index contributed by atoms with van der Waals surface area (Å²) in [7, 11) is 0. The third kappa shape index (κ3) is 4.62. The molecule has 2 unspecified atom stereocenters. The van der Waals surface area contributed by atoms with E-state index in [-0.39, 0.29) is 18.1 Å². The van der Waals surface area contributed by atoms with E-state index >= 15 is 0 Å². The molecule has 0 saturated carbocycles. The van der Waals surface area contributed by atoms with Crippen LogP contribution in [0.25, 0.3) is 0 Å². The van der Waals surface area contributed by atoms with Gasteiger partial charge in [-0.05, 0) is 31.2 Å². The van der Waals surface area contributed by atoms with Gasteiger partial charge in [-0.15, -0.1) is 0 Å². The predicted octanol–water partition coefficient (Wildman–Crippen LogP) is 2.15. The lowest BCUT2D eigenvalue weighted by atomic mass is 10.0. The van der Waals surface area contributed by atoms with Gasteiger partial charge in [0.15, 0.2) is 0 Å². The van der Waals surface area contributed by atoms with Crippen molar-refractivity contribution in [1.29, 1.82) is 0 Å². The average molecular weight is 276 g/mol. The number of benzene rings is 1. The molecule has 1 heterocycles. The zero-order valence-electron chi connectivity index (χ0n) is 11.9. The van der Waals surface area contributed by atoms with Gasteiger partial charge in [-0.3, -0.25) is 4.79 Å². The van der Waals surface area contributed by atoms with Crippen LogP contribution in [0.15, 0.2) is 30.3 Å². The second-order valence-electron chi connectivity index (χ2n) is 5.29. The Morgan fingerprint density at radius 1 is 1.35 bits per heavy atom. The van der Waals surface area contributed by atoms with E-state index < -0.39 is 0 Å². The van der Waals surface area contributed by atoms with Crippen LogP contribution in [0.1, 0.15) is 43.7 Å². The van der Waals surface area contributed by atoms with Crippen molar-refractivity contribution in [3.8, 4) is 0 Å². The zero-order valence-corrected chi connectivity index (χ0v) is 11.9. The Hall–Kier alpha value is -1.39. The summed E-state index contributed by atoms with van der Waals surface area (Å²) in [5.41, 5.74) is 6.81. The summed E-state index contributed by atoms with van der Waals surface area (Å²) in [5, 5.41) is 3.00. The molecule has 110 valence electrons. The van der Waals surface area contributed by atoms with E-state index in [1.807, 2.05) is 30.3 Å². The zero-order chi connectivity index (χ0) is 14.2. The van der Waals surface area contributed by atoms with E-state index in [0.717, 1.165) is 31.4 Å². The highest BCUT2D eigenvalue weighted by Gasteiger charge is 2.17. The Morgan fingerprint density at radius 3 is 2.80 bits per heavy atom. The van der Waals surface area contributed by atoms with Crippen molar-refractivity contribution >= 4 is 5.91 Å². The molecule has 0 bridgehead atoms. The number of nitrogens with two attached hydrogens (primary N) is 1. The van der Waals surface area contributed by atoms with E-state index in [4.69, 9.17) is 10.5 Å². The molecule has 1 aromatic carbocycles. The van der Waals surface area contributed by atoms with Gasteiger partial charge in [0.2, 0.25) is 5.91 Å². The molecule has 1 aromatic rings. The highest BCUT2D eigenvalue weighted by Crippen LogP contribution is 2.17. The van der Waals surface area contributed by atoms with Gasteiger partial charge in [0.1, 0.15) is 0 Å². The molecule has 1 aliphatic heterocycles. The number of rotatable bonds is 6. The molecule has 0 aromatic heterocycles. The van der Waals surface area contributed by atoms with Gasteiger partial charge in [-0.1, -0.05) is 30.3 Å². The molecular formula is C16H24N2O2. The monoisotopic (exact) mass is 276 g/mol. The van der Waals surface area contributed by atoms with Crippen LogP contribution in [0.5, 0.6) is 0 Å². The Kier molecular flexibility index (Phi) is 6.02.